The highest BCUT2D eigenvalue weighted by atomic mass is 16.2. The summed E-state index contributed by atoms with van der Waals surface area (Å²) in [5.74, 6) is -0.939. The Morgan fingerprint density at radius 1 is 0.708 bits per heavy atom. The molecule has 1 aromatic heterocycles. The van der Waals surface area contributed by atoms with Gasteiger partial charge in [0.15, 0.2) is 0 Å². The van der Waals surface area contributed by atoms with Crippen molar-refractivity contribution >= 4 is 33.2 Å². The van der Waals surface area contributed by atoms with Crippen LogP contribution in [0, 0.1) is 0 Å². The second-order valence-electron chi connectivity index (χ2n) is 5.86. The van der Waals surface area contributed by atoms with Gasteiger partial charge >= 0.3 is 0 Å². The molecule has 0 bridgehead atoms. The Kier molecular flexibility index (Phi) is 3.28. The molecule has 3 heteroatoms. The van der Waals surface area contributed by atoms with E-state index in [2.05, 4.69) is 0 Å². The zero-order valence-electron chi connectivity index (χ0n) is 13.2. The first-order chi connectivity index (χ1) is 11.7. The molecule has 0 aliphatic carbocycles. The van der Waals surface area contributed by atoms with E-state index in [0.717, 1.165) is 21.7 Å². The van der Waals surface area contributed by atoms with Gasteiger partial charge in [-0.1, -0.05) is 60.7 Å². The number of aryl methyl sites for hydroxylation is 1. The van der Waals surface area contributed by atoms with E-state index in [-0.39, 0.29) is 0 Å². The second kappa shape index (κ2) is 5.46. The highest BCUT2D eigenvalue weighted by Crippen LogP contribution is 2.24. The SMILES string of the molecule is Cn1cc(C(=O)C(=O)c2cccc3ccccc23)c2ccccc21. The van der Waals surface area contributed by atoms with Crippen LogP contribution in [0.1, 0.15) is 20.7 Å². The van der Waals surface area contributed by atoms with E-state index >= 15 is 0 Å². The quantitative estimate of drug-likeness (QED) is 0.415. The number of Topliss-reactive ketones (excluding diaryl/α,β-unsaturated/α-hetero) is 2. The van der Waals surface area contributed by atoms with Crippen LogP contribution in [-0.4, -0.2) is 16.1 Å². The molecule has 4 aromatic rings. The molecule has 3 aromatic carbocycles. The Morgan fingerprint density at radius 3 is 2.17 bits per heavy atom. The molecule has 0 aliphatic rings. The number of fused-ring (bicyclic) bond motifs is 2. The third-order valence-electron chi connectivity index (χ3n) is 4.38. The van der Waals surface area contributed by atoms with Crippen LogP contribution in [0.5, 0.6) is 0 Å². The number of aromatic nitrogens is 1. The maximum absolute atomic E-state index is 12.9. The molecule has 4 rings (SSSR count). The minimum absolute atomic E-state index is 0.450. The van der Waals surface area contributed by atoms with Gasteiger partial charge in [0.1, 0.15) is 0 Å². The number of rotatable bonds is 3. The molecule has 0 atom stereocenters. The van der Waals surface area contributed by atoms with Gasteiger partial charge in [0, 0.05) is 29.7 Å². The number of ketones is 2. The fourth-order valence-corrected chi connectivity index (χ4v) is 3.19. The van der Waals surface area contributed by atoms with E-state index in [9.17, 15) is 9.59 Å². The average Bonchev–Trinajstić information content (AvgIpc) is 2.97. The molecule has 0 aliphatic heterocycles. The monoisotopic (exact) mass is 313 g/mol. The largest absolute Gasteiger partial charge is 0.350 e. The topological polar surface area (TPSA) is 39.1 Å². The lowest BCUT2D eigenvalue weighted by Crippen LogP contribution is -2.14. The summed E-state index contributed by atoms with van der Waals surface area (Å²) in [6.07, 6.45) is 1.73. The predicted molar refractivity (Wildman–Crippen MR) is 95.5 cm³/mol. The number of carbonyl (C=O) groups excluding carboxylic acids is 2. The van der Waals surface area contributed by atoms with E-state index in [1.807, 2.05) is 72.3 Å². The van der Waals surface area contributed by atoms with Crippen molar-refractivity contribution in [3.8, 4) is 0 Å². The van der Waals surface area contributed by atoms with Crippen LogP contribution >= 0.6 is 0 Å². The van der Waals surface area contributed by atoms with Crippen molar-refractivity contribution in [2.45, 2.75) is 0 Å². The van der Waals surface area contributed by atoms with Crippen molar-refractivity contribution in [3.63, 3.8) is 0 Å². The first-order valence-corrected chi connectivity index (χ1v) is 7.77. The fraction of sp³-hybridized carbons (Fsp3) is 0.0476. The van der Waals surface area contributed by atoms with Crippen LogP contribution < -0.4 is 0 Å². The zero-order chi connectivity index (χ0) is 16.7. The summed E-state index contributed by atoms with van der Waals surface area (Å²) in [6.45, 7) is 0. The molecule has 0 spiro atoms. The van der Waals surface area contributed by atoms with Gasteiger partial charge in [0.2, 0.25) is 11.6 Å². The molecule has 24 heavy (non-hydrogen) atoms. The van der Waals surface area contributed by atoms with E-state index < -0.39 is 11.6 Å². The molecule has 116 valence electrons. The Labute approximate surface area is 139 Å². The second-order valence-corrected chi connectivity index (χ2v) is 5.86. The number of nitrogens with zero attached hydrogens (tertiary/aromatic N) is 1. The van der Waals surface area contributed by atoms with E-state index in [1.54, 1.807) is 12.3 Å². The van der Waals surface area contributed by atoms with Gasteiger partial charge in [-0.15, -0.1) is 0 Å². The molecular formula is C21H15NO2. The summed E-state index contributed by atoms with van der Waals surface area (Å²) in [5.41, 5.74) is 1.84. The number of benzene rings is 3. The van der Waals surface area contributed by atoms with Gasteiger partial charge in [0.25, 0.3) is 0 Å². The minimum atomic E-state index is -0.469. The van der Waals surface area contributed by atoms with Gasteiger partial charge in [0.05, 0.1) is 5.56 Å². The molecular weight excluding hydrogens is 298 g/mol. The van der Waals surface area contributed by atoms with Crippen LogP contribution in [0.25, 0.3) is 21.7 Å². The third-order valence-corrected chi connectivity index (χ3v) is 4.38. The predicted octanol–water partition coefficient (Wildman–Crippen LogP) is 4.40. The first-order valence-electron chi connectivity index (χ1n) is 7.77. The van der Waals surface area contributed by atoms with Crippen molar-refractivity contribution in [2.24, 2.45) is 7.05 Å². The highest BCUT2D eigenvalue weighted by Gasteiger charge is 2.23. The molecule has 1 heterocycles. The zero-order valence-corrected chi connectivity index (χ0v) is 13.2. The van der Waals surface area contributed by atoms with Crippen LogP contribution in [0.15, 0.2) is 72.9 Å². The normalized spacial score (nSPS) is 11.0. The number of para-hydroxylation sites is 1. The summed E-state index contributed by atoms with van der Waals surface area (Å²) in [5, 5.41) is 2.56. The van der Waals surface area contributed by atoms with Gasteiger partial charge in [-0.05, 0) is 16.8 Å². The molecule has 0 N–H and O–H groups in total. The smallest absolute Gasteiger partial charge is 0.235 e. The summed E-state index contributed by atoms with van der Waals surface area (Å²) in [6, 6.07) is 20.7. The van der Waals surface area contributed by atoms with Crippen molar-refractivity contribution in [1.82, 2.24) is 4.57 Å². The Morgan fingerprint density at radius 2 is 1.33 bits per heavy atom. The molecule has 0 amide bonds. The van der Waals surface area contributed by atoms with Crippen molar-refractivity contribution in [3.05, 3.63) is 84.1 Å². The summed E-state index contributed by atoms with van der Waals surface area (Å²) in [7, 11) is 1.88. The number of hydrogen-bond acceptors (Lipinski definition) is 2. The lowest BCUT2D eigenvalue weighted by atomic mass is 9.96. The maximum Gasteiger partial charge on any atom is 0.235 e. The first kappa shape index (κ1) is 14.4. The standard InChI is InChI=1S/C21H15NO2/c1-22-13-18(16-10-4-5-12-19(16)22)21(24)20(23)17-11-6-8-14-7-2-3-9-15(14)17/h2-13H,1H3. The molecule has 0 saturated carbocycles. The van der Waals surface area contributed by atoms with Gasteiger partial charge in [-0.3, -0.25) is 9.59 Å². The van der Waals surface area contributed by atoms with Gasteiger partial charge in [-0.2, -0.15) is 0 Å². The third kappa shape index (κ3) is 2.14. The van der Waals surface area contributed by atoms with Crippen LogP contribution in [-0.2, 0) is 7.05 Å². The van der Waals surface area contributed by atoms with Gasteiger partial charge in [-0.25, -0.2) is 0 Å². The Bertz CT molecular complexity index is 1100. The minimum Gasteiger partial charge on any atom is -0.350 e. The fourth-order valence-electron chi connectivity index (χ4n) is 3.19. The molecule has 0 saturated heterocycles. The molecule has 0 fully saturated rings. The Balaban J connectivity index is 1.85. The van der Waals surface area contributed by atoms with Crippen LogP contribution in [0.4, 0.5) is 0 Å². The van der Waals surface area contributed by atoms with E-state index in [1.165, 1.54) is 0 Å². The maximum atomic E-state index is 12.9. The molecule has 0 unspecified atom stereocenters. The van der Waals surface area contributed by atoms with Crippen molar-refractivity contribution in [1.29, 1.82) is 0 Å². The summed E-state index contributed by atoms with van der Waals surface area (Å²) < 4.78 is 1.87. The average molecular weight is 313 g/mol. The Hall–Kier alpha value is -3.20. The number of carbonyl (C=O) groups is 2. The van der Waals surface area contributed by atoms with Crippen molar-refractivity contribution < 1.29 is 9.59 Å². The van der Waals surface area contributed by atoms with Crippen LogP contribution in [0.3, 0.4) is 0 Å². The van der Waals surface area contributed by atoms with Crippen LogP contribution in [0.2, 0.25) is 0 Å². The lowest BCUT2D eigenvalue weighted by molar-refractivity contribution is 0.0819. The summed E-state index contributed by atoms with van der Waals surface area (Å²) in [4.78, 5) is 25.7. The highest BCUT2D eigenvalue weighted by molar-refractivity contribution is 6.52. The lowest BCUT2D eigenvalue weighted by Gasteiger charge is -2.04. The number of hydrogen-bond donors (Lipinski definition) is 0. The van der Waals surface area contributed by atoms with Gasteiger partial charge < -0.3 is 4.57 Å². The van der Waals surface area contributed by atoms with Crippen molar-refractivity contribution in [2.75, 3.05) is 0 Å². The molecule has 0 radical (unpaired) electrons. The summed E-state index contributed by atoms with van der Waals surface area (Å²) >= 11 is 0. The molecule has 3 nitrogen and oxygen atoms in total. The van der Waals surface area contributed by atoms with E-state index in [0.29, 0.717) is 11.1 Å². The van der Waals surface area contributed by atoms with E-state index in [4.69, 9.17) is 0 Å².